The zero-order chi connectivity index (χ0) is 10.8. The molecule has 1 aromatic heterocycles. The van der Waals surface area contributed by atoms with Crippen LogP contribution in [0.15, 0.2) is 12.1 Å². The Labute approximate surface area is 91.9 Å². The summed E-state index contributed by atoms with van der Waals surface area (Å²) in [6.07, 6.45) is 0.399. The van der Waals surface area contributed by atoms with E-state index < -0.39 is 0 Å². The third kappa shape index (κ3) is 2.36. The molecular formula is C10H12N2O2S. The van der Waals surface area contributed by atoms with E-state index in [0.717, 1.165) is 4.88 Å². The minimum absolute atomic E-state index is 0.182. The van der Waals surface area contributed by atoms with Crippen LogP contribution in [0.4, 0.5) is 4.79 Å². The van der Waals surface area contributed by atoms with E-state index >= 15 is 0 Å². The molecule has 0 bridgehead atoms. The van der Waals surface area contributed by atoms with Crippen molar-refractivity contribution < 1.29 is 9.59 Å². The Morgan fingerprint density at radius 3 is 2.87 bits per heavy atom. The van der Waals surface area contributed by atoms with E-state index in [9.17, 15) is 9.59 Å². The lowest BCUT2D eigenvalue weighted by Crippen LogP contribution is -2.48. The first-order valence-corrected chi connectivity index (χ1v) is 5.61. The molecule has 1 aromatic rings. The van der Waals surface area contributed by atoms with Gasteiger partial charge in [-0.2, -0.15) is 0 Å². The van der Waals surface area contributed by atoms with Gasteiger partial charge < -0.3 is 4.90 Å². The van der Waals surface area contributed by atoms with Crippen LogP contribution in [0, 0.1) is 6.92 Å². The van der Waals surface area contributed by atoms with Crippen molar-refractivity contribution in [3.63, 3.8) is 0 Å². The summed E-state index contributed by atoms with van der Waals surface area (Å²) in [5, 5.41) is 2.31. The van der Waals surface area contributed by atoms with E-state index in [-0.39, 0.29) is 11.9 Å². The fourth-order valence-electron chi connectivity index (χ4n) is 1.51. The lowest BCUT2D eigenvalue weighted by atomic mass is 10.3. The van der Waals surface area contributed by atoms with Crippen LogP contribution in [0.2, 0.25) is 0 Å². The van der Waals surface area contributed by atoms with Crippen molar-refractivity contribution in [2.24, 2.45) is 0 Å². The number of hydrogen-bond donors (Lipinski definition) is 1. The average molecular weight is 224 g/mol. The second kappa shape index (κ2) is 4.02. The van der Waals surface area contributed by atoms with Crippen molar-refractivity contribution in [2.75, 3.05) is 6.54 Å². The van der Waals surface area contributed by atoms with Gasteiger partial charge in [0.1, 0.15) is 0 Å². The lowest BCUT2D eigenvalue weighted by molar-refractivity contribution is -0.121. The number of nitrogens with zero attached hydrogens (tertiary/aromatic N) is 1. The summed E-state index contributed by atoms with van der Waals surface area (Å²) >= 11 is 1.68. The molecule has 0 unspecified atom stereocenters. The second-order valence-electron chi connectivity index (χ2n) is 3.54. The molecule has 1 saturated heterocycles. The van der Waals surface area contributed by atoms with Gasteiger partial charge in [0.15, 0.2) is 0 Å². The molecule has 15 heavy (non-hydrogen) atoms. The van der Waals surface area contributed by atoms with Crippen LogP contribution in [0.25, 0.3) is 0 Å². The van der Waals surface area contributed by atoms with Gasteiger partial charge in [0.05, 0.1) is 6.54 Å². The summed E-state index contributed by atoms with van der Waals surface area (Å²) in [6, 6.07) is 3.77. The lowest BCUT2D eigenvalue weighted by Gasteiger charge is -2.25. The molecule has 0 aromatic carbocycles. The minimum Gasteiger partial charge on any atom is -0.319 e. The van der Waals surface area contributed by atoms with Gasteiger partial charge in [-0.25, -0.2) is 4.79 Å². The first kappa shape index (κ1) is 10.2. The van der Waals surface area contributed by atoms with Crippen LogP contribution in [0.3, 0.4) is 0 Å². The highest BCUT2D eigenvalue weighted by Crippen LogP contribution is 2.18. The van der Waals surface area contributed by atoms with Crippen LogP contribution < -0.4 is 5.32 Å². The van der Waals surface area contributed by atoms with Crippen LogP contribution in [-0.2, 0) is 11.3 Å². The van der Waals surface area contributed by atoms with Crippen molar-refractivity contribution in [3.8, 4) is 0 Å². The Bertz CT molecular complexity index is 400. The summed E-state index contributed by atoms with van der Waals surface area (Å²) in [4.78, 5) is 26.4. The molecule has 1 N–H and O–H groups in total. The third-order valence-electron chi connectivity index (χ3n) is 2.29. The molecule has 1 aliphatic rings. The average Bonchev–Trinajstić information content (AvgIpc) is 2.56. The Morgan fingerprint density at radius 1 is 1.47 bits per heavy atom. The first-order chi connectivity index (χ1) is 7.15. The Balaban J connectivity index is 2.00. The van der Waals surface area contributed by atoms with Gasteiger partial charge in [0, 0.05) is 22.7 Å². The monoisotopic (exact) mass is 224 g/mol. The molecule has 2 heterocycles. The Morgan fingerprint density at radius 2 is 2.27 bits per heavy atom. The Hall–Kier alpha value is -1.36. The smallest absolute Gasteiger partial charge is 0.319 e. The molecular weight excluding hydrogens is 212 g/mol. The molecule has 3 amide bonds. The predicted molar refractivity (Wildman–Crippen MR) is 57.6 cm³/mol. The normalized spacial score (nSPS) is 16.7. The summed E-state index contributed by atoms with van der Waals surface area (Å²) in [6.45, 7) is 3.15. The number of hydrogen-bond acceptors (Lipinski definition) is 3. The maximum Gasteiger partial charge on any atom is 0.324 e. The van der Waals surface area contributed by atoms with Crippen molar-refractivity contribution in [1.29, 1.82) is 0 Å². The summed E-state index contributed by atoms with van der Waals surface area (Å²) in [7, 11) is 0. The van der Waals surface area contributed by atoms with E-state index in [2.05, 4.69) is 5.32 Å². The van der Waals surface area contributed by atoms with E-state index in [0.29, 0.717) is 19.5 Å². The van der Waals surface area contributed by atoms with Gasteiger partial charge in [-0.3, -0.25) is 10.1 Å². The van der Waals surface area contributed by atoms with Crippen molar-refractivity contribution in [3.05, 3.63) is 21.9 Å². The number of aryl methyl sites for hydroxylation is 1. The highest BCUT2D eigenvalue weighted by atomic mass is 32.1. The van der Waals surface area contributed by atoms with Gasteiger partial charge >= 0.3 is 6.03 Å². The number of imide groups is 1. The third-order valence-corrected chi connectivity index (χ3v) is 3.27. The number of thiophene rings is 1. The fraction of sp³-hybridized carbons (Fsp3) is 0.400. The fourth-order valence-corrected chi connectivity index (χ4v) is 2.41. The maximum atomic E-state index is 11.4. The molecule has 0 spiro atoms. The molecule has 80 valence electrons. The Kier molecular flexibility index (Phi) is 2.73. The number of nitrogens with one attached hydrogen (secondary N) is 1. The zero-order valence-corrected chi connectivity index (χ0v) is 9.26. The van der Waals surface area contributed by atoms with Crippen molar-refractivity contribution >= 4 is 23.3 Å². The van der Waals surface area contributed by atoms with Gasteiger partial charge in [-0.05, 0) is 19.1 Å². The summed E-state index contributed by atoms with van der Waals surface area (Å²) in [5.41, 5.74) is 0. The number of carbonyl (C=O) groups excluding carboxylic acids is 2. The molecule has 4 nitrogen and oxygen atoms in total. The molecule has 5 heteroatoms. The molecule has 0 saturated carbocycles. The highest BCUT2D eigenvalue weighted by molar-refractivity contribution is 7.11. The van der Waals surface area contributed by atoms with Crippen LogP contribution in [0.5, 0.6) is 0 Å². The maximum absolute atomic E-state index is 11.4. The van der Waals surface area contributed by atoms with Crippen LogP contribution in [-0.4, -0.2) is 23.4 Å². The SMILES string of the molecule is Cc1ccc(CN2CCC(=O)NC2=O)s1. The second-order valence-corrected chi connectivity index (χ2v) is 4.91. The number of urea groups is 1. The molecule has 1 fully saturated rings. The predicted octanol–water partition coefficient (Wildman–Crippen LogP) is 1.50. The summed E-state index contributed by atoms with van der Waals surface area (Å²) < 4.78 is 0. The highest BCUT2D eigenvalue weighted by Gasteiger charge is 2.22. The van der Waals surface area contributed by atoms with E-state index in [4.69, 9.17) is 0 Å². The molecule has 2 rings (SSSR count). The molecule has 0 atom stereocenters. The van der Waals surface area contributed by atoms with Crippen LogP contribution >= 0.6 is 11.3 Å². The zero-order valence-electron chi connectivity index (χ0n) is 8.45. The largest absolute Gasteiger partial charge is 0.324 e. The quantitative estimate of drug-likeness (QED) is 0.827. The number of rotatable bonds is 2. The topological polar surface area (TPSA) is 49.4 Å². The van der Waals surface area contributed by atoms with Gasteiger partial charge in [-0.15, -0.1) is 11.3 Å². The molecule has 1 aliphatic heterocycles. The van der Waals surface area contributed by atoms with Crippen LogP contribution in [0.1, 0.15) is 16.2 Å². The van der Waals surface area contributed by atoms with Gasteiger partial charge in [-0.1, -0.05) is 0 Å². The van der Waals surface area contributed by atoms with E-state index in [1.165, 1.54) is 4.88 Å². The molecule has 0 aliphatic carbocycles. The minimum atomic E-state index is -0.280. The van der Waals surface area contributed by atoms with Gasteiger partial charge in [0.25, 0.3) is 0 Å². The summed E-state index contributed by atoms with van der Waals surface area (Å²) in [5.74, 6) is -0.182. The van der Waals surface area contributed by atoms with Crippen molar-refractivity contribution in [2.45, 2.75) is 19.9 Å². The molecule has 0 radical (unpaired) electrons. The number of carbonyl (C=O) groups is 2. The number of amides is 3. The van der Waals surface area contributed by atoms with Gasteiger partial charge in [0.2, 0.25) is 5.91 Å². The van der Waals surface area contributed by atoms with Crippen molar-refractivity contribution in [1.82, 2.24) is 10.2 Å². The standard InChI is InChI=1S/C10H12N2O2S/c1-7-2-3-8(15-7)6-12-5-4-9(13)11-10(12)14/h2-3H,4-6H2,1H3,(H,11,13,14). The van der Waals surface area contributed by atoms with E-state index in [1.54, 1.807) is 16.2 Å². The first-order valence-electron chi connectivity index (χ1n) is 4.79. The van der Waals surface area contributed by atoms with E-state index in [1.807, 2.05) is 19.1 Å².